The number of anilines is 2. The average Bonchev–Trinajstić information content (AvgIpc) is 2.89. The van der Waals surface area contributed by atoms with Crippen LogP contribution in [0.15, 0.2) is 78.0 Å². The molecular weight excluding hydrogens is 486 g/mol. The first-order valence-electron chi connectivity index (χ1n) is 11.5. The fourth-order valence-electron chi connectivity index (χ4n) is 3.96. The maximum atomic E-state index is 13.7. The molecule has 0 amide bonds. The normalized spacial score (nSPS) is 11.5. The number of nitrogen functional groups attached to an aromatic ring is 1. The van der Waals surface area contributed by atoms with E-state index >= 15 is 0 Å². The number of nitrogens with zero attached hydrogens (tertiary/aromatic N) is 5. The van der Waals surface area contributed by atoms with E-state index in [2.05, 4.69) is 32.1 Å². The third kappa shape index (κ3) is 4.73. The van der Waals surface area contributed by atoms with Gasteiger partial charge in [-0.3, -0.25) is 9.36 Å². The molecular formula is C28H22ClN7O. The molecule has 182 valence electrons. The van der Waals surface area contributed by atoms with Crippen molar-refractivity contribution >= 4 is 34.1 Å². The Morgan fingerprint density at radius 2 is 1.81 bits per heavy atom. The van der Waals surface area contributed by atoms with Gasteiger partial charge in [-0.25, -0.2) is 19.9 Å². The van der Waals surface area contributed by atoms with E-state index in [1.54, 1.807) is 29.0 Å². The number of pyridine rings is 1. The van der Waals surface area contributed by atoms with Crippen molar-refractivity contribution in [1.29, 1.82) is 0 Å². The lowest BCUT2D eigenvalue weighted by molar-refractivity contribution is 0.730. The monoisotopic (exact) mass is 507 g/mol. The Morgan fingerprint density at radius 3 is 2.59 bits per heavy atom. The van der Waals surface area contributed by atoms with Gasteiger partial charge in [-0.15, -0.1) is 0 Å². The van der Waals surface area contributed by atoms with Crippen molar-refractivity contribution in [3.05, 3.63) is 111 Å². The van der Waals surface area contributed by atoms with Crippen LogP contribution in [-0.2, 0) is 0 Å². The molecule has 3 N–H and O–H groups in total. The van der Waals surface area contributed by atoms with Gasteiger partial charge in [-0.05, 0) is 55.7 Å². The summed E-state index contributed by atoms with van der Waals surface area (Å²) in [6.07, 6.45) is 3.04. The summed E-state index contributed by atoms with van der Waals surface area (Å²) >= 11 is 6.40. The molecule has 2 aromatic carbocycles. The number of hydrogen-bond acceptors (Lipinski definition) is 7. The van der Waals surface area contributed by atoms with Crippen LogP contribution < -0.4 is 16.6 Å². The molecule has 0 unspecified atom stereocenters. The van der Waals surface area contributed by atoms with Crippen LogP contribution in [0.4, 0.5) is 11.6 Å². The van der Waals surface area contributed by atoms with Crippen molar-refractivity contribution in [1.82, 2.24) is 24.5 Å². The smallest absolute Gasteiger partial charge is 0.267 e. The van der Waals surface area contributed by atoms with Crippen LogP contribution >= 0.6 is 11.6 Å². The van der Waals surface area contributed by atoms with Crippen molar-refractivity contribution in [2.45, 2.75) is 19.9 Å². The molecule has 0 aliphatic rings. The van der Waals surface area contributed by atoms with Crippen molar-refractivity contribution in [2.75, 3.05) is 11.1 Å². The van der Waals surface area contributed by atoms with Gasteiger partial charge in [0.05, 0.1) is 27.7 Å². The van der Waals surface area contributed by atoms with Crippen LogP contribution in [0.5, 0.6) is 0 Å². The number of para-hydroxylation sites is 1. The number of rotatable bonds is 4. The first-order chi connectivity index (χ1) is 17.9. The minimum absolute atomic E-state index is 0.226. The fraction of sp³-hybridized carbons (Fsp3) is 0.107. The quantitative estimate of drug-likeness (QED) is 0.339. The molecule has 0 saturated carbocycles. The number of halogens is 1. The minimum Gasteiger partial charge on any atom is -0.382 e. The summed E-state index contributed by atoms with van der Waals surface area (Å²) in [5.74, 6) is 7.23. The van der Waals surface area contributed by atoms with Gasteiger partial charge in [0.1, 0.15) is 35.0 Å². The molecule has 1 atom stereocenters. The zero-order chi connectivity index (χ0) is 25.9. The van der Waals surface area contributed by atoms with E-state index in [1.807, 2.05) is 56.3 Å². The van der Waals surface area contributed by atoms with Gasteiger partial charge in [0.2, 0.25) is 0 Å². The number of benzene rings is 2. The first-order valence-corrected chi connectivity index (χ1v) is 11.9. The summed E-state index contributed by atoms with van der Waals surface area (Å²) in [4.78, 5) is 31.3. The summed E-state index contributed by atoms with van der Waals surface area (Å²) in [6, 6.07) is 17.8. The second-order valence-electron chi connectivity index (χ2n) is 8.35. The predicted octanol–water partition coefficient (Wildman–Crippen LogP) is 4.69. The van der Waals surface area contributed by atoms with E-state index in [-0.39, 0.29) is 11.4 Å². The van der Waals surface area contributed by atoms with E-state index < -0.39 is 6.04 Å². The second-order valence-corrected chi connectivity index (χ2v) is 8.75. The zero-order valence-corrected chi connectivity index (χ0v) is 20.9. The number of aryl methyl sites for hydroxylation is 1. The number of nitrogens with one attached hydrogen (secondary N) is 1. The van der Waals surface area contributed by atoms with Gasteiger partial charge in [0.15, 0.2) is 0 Å². The molecule has 0 saturated heterocycles. The lowest BCUT2D eigenvalue weighted by Crippen LogP contribution is -2.27. The highest BCUT2D eigenvalue weighted by molar-refractivity contribution is 6.35. The van der Waals surface area contributed by atoms with E-state index in [9.17, 15) is 4.79 Å². The molecule has 0 aliphatic carbocycles. The van der Waals surface area contributed by atoms with Crippen LogP contribution in [0.2, 0.25) is 5.02 Å². The van der Waals surface area contributed by atoms with E-state index in [0.29, 0.717) is 44.5 Å². The van der Waals surface area contributed by atoms with Gasteiger partial charge in [0, 0.05) is 6.20 Å². The van der Waals surface area contributed by atoms with Gasteiger partial charge in [-0.1, -0.05) is 47.9 Å². The van der Waals surface area contributed by atoms with Crippen LogP contribution in [0.1, 0.15) is 35.6 Å². The maximum Gasteiger partial charge on any atom is 0.267 e. The highest BCUT2D eigenvalue weighted by Gasteiger charge is 2.21. The summed E-state index contributed by atoms with van der Waals surface area (Å²) in [6.45, 7) is 3.82. The molecule has 37 heavy (non-hydrogen) atoms. The summed E-state index contributed by atoms with van der Waals surface area (Å²) < 4.78 is 1.55. The Labute approximate surface area is 218 Å². The maximum absolute atomic E-state index is 13.7. The van der Waals surface area contributed by atoms with Crippen molar-refractivity contribution in [3.8, 4) is 17.5 Å². The molecule has 0 bridgehead atoms. The molecule has 0 spiro atoms. The van der Waals surface area contributed by atoms with Crippen LogP contribution in [0.25, 0.3) is 16.6 Å². The number of aromatic nitrogens is 5. The summed E-state index contributed by atoms with van der Waals surface area (Å²) in [5.41, 5.74) is 9.08. The van der Waals surface area contributed by atoms with Gasteiger partial charge >= 0.3 is 0 Å². The van der Waals surface area contributed by atoms with Crippen LogP contribution in [0.3, 0.4) is 0 Å². The second kappa shape index (κ2) is 10.1. The van der Waals surface area contributed by atoms with Crippen LogP contribution in [0, 0.1) is 18.8 Å². The minimum atomic E-state index is -0.470. The SMILES string of the molecule is Cc1cccnc1C#Cc1c(N)ncnc1N[C@@H](C)c1nc2cccc(Cl)c2c(=O)n1-c1ccccc1. The molecule has 5 rings (SSSR count). The lowest BCUT2D eigenvalue weighted by Gasteiger charge is -2.21. The average molecular weight is 508 g/mol. The largest absolute Gasteiger partial charge is 0.382 e. The standard InChI is InChI=1S/C28H22ClN7O/c1-17-8-7-15-31-22(17)14-13-20-25(30)32-16-33-26(20)34-18(2)27-35-23-12-6-11-21(29)24(23)28(37)36(27)19-9-4-3-5-10-19/h3-12,15-16,18H,1-2H3,(H3,30,32,33,34)/t18-/m0/s1. The Kier molecular flexibility index (Phi) is 6.54. The molecule has 5 aromatic rings. The van der Waals surface area contributed by atoms with E-state index in [4.69, 9.17) is 22.3 Å². The Hall–Kier alpha value is -4.74. The third-order valence-electron chi connectivity index (χ3n) is 5.82. The molecule has 9 heteroatoms. The van der Waals surface area contributed by atoms with Gasteiger partial charge in [-0.2, -0.15) is 0 Å². The number of hydrogen-bond donors (Lipinski definition) is 2. The van der Waals surface area contributed by atoms with Crippen LogP contribution in [-0.4, -0.2) is 24.5 Å². The van der Waals surface area contributed by atoms with Crippen molar-refractivity contribution in [2.24, 2.45) is 0 Å². The van der Waals surface area contributed by atoms with Crippen molar-refractivity contribution < 1.29 is 0 Å². The fourth-order valence-corrected chi connectivity index (χ4v) is 4.21. The third-order valence-corrected chi connectivity index (χ3v) is 6.13. The van der Waals surface area contributed by atoms with E-state index in [0.717, 1.165) is 5.56 Å². The summed E-state index contributed by atoms with van der Waals surface area (Å²) in [7, 11) is 0. The molecule has 0 aliphatic heterocycles. The highest BCUT2D eigenvalue weighted by Crippen LogP contribution is 2.26. The molecule has 8 nitrogen and oxygen atoms in total. The number of fused-ring (bicyclic) bond motifs is 1. The Bertz CT molecular complexity index is 1740. The van der Waals surface area contributed by atoms with Gasteiger partial charge < -0.3 is 11.1 Å². The van der Waals surface area contributed by atoms with Gasteiger partial charge in [0.25, 0.3) is 5.56 Å². The first kappa shape index (κ1) is 24.0. The lowest BCUT2D eigenvalue weighted by atomic mass is 10.1. The predicted molar refractivity (Wildman–Crippen MR) is 146 cm³/mol. The molecule has 0 radical (unpaired) electrons. The Morgan fingerprint density at radius 1 is 1.00 bits per heavy atom. The summed E-state index contributed by atoms with van der Waals surface area (Å²) in [5, 5.41) is 4.03. The zero-order valence-electron chi connectivity index (χ0n) is 20.1. The molecule has 3 aromatic heterocycles. The van der Waals surface area contributed by atoms with E-state index in [1.165, 1.54) is 6.33 Å². The molecule has 3 heterocycles. The number of nitrogens with two attached hydrogens (primary N) is 1. The topological polar surface area (TPSA) is 112 Å². The highest BCUT2D eigenvalue weighted by atomic mass is 35.5. The molecule has 0 fully saturated rings. The Balaban J connectivity index is 1.62. The van der Waals surface area contributed by atoms with Crippen molar-refractivity contribution in [3.63, 3.8) is 0 Å².